The predicted molar refractivity (Wildman–Crippen MR) is 229 cm³/mol. The molecule has 0 aliphatic carbocycles. The van der Waals surface area contributed by atoms with E-state index in [0.717, 1.165) is 125 Å². The van der Waals surface area contributed by atoms with Gasteiger partial charge in [-0.3, -0.25) is 9.80 Å². The molecule has 57 heavy (non-hydrogen) atoms. The van der Waals surface area contributed by atoms with Crippen LogP contribution in [0.3, 0.4) is 0 Å². The van der Waals surface area contributed by atoms with Gasteiger partial charge in [-0.05, 0) is 110 Å². The Bertz CT molecular complexity index is 2280. The summed E-state index contributed by atoms with van der Waals surface area (Å²) in [6.45, 7) is 8.33. The maximum absolute atomic E-state index is 9.98. The highest BCUT2D eigenvalue weighted by Gasteiger charge is 2.33. The zero-order valence-electron chi connectivity index (χ0n) is 32.8. The lowest BCUT2D eigenvalue weighted by molar-refractivity contribution is 0.0513. The van der Waals surface area contributed by atoms with Crippen LogP contribution in [0.25, 0.3) is 44.1 Å². The van der Waals surface area contributed by atoms with Crippen LogP contribution in [0.4, 0.5) is 11.9 Å². The maximum Gasteiger partial charge on any atom is 0.225 e. The molecule has 4 aromatic carbocycles. The van der Waals surface area contributed by atoms with E-state index in [4.69, 9.17) is 9.97 Å². The number of hydrogen-bond donors (Lipinski definition) is 2. The Kier molecular flexibility index (Phi) is 11.4. The van der Waals surface area contributed by atoms with Crippen LogP contribution in [-0.2, 0) is 0 Å². The van der Waals surface area contributed by atoms with Gasteiger partial charge in [-0.15, -0.1) is 0 Å². The zero-order chi connectivity index (χ0) is 38.6. The van der Waals surface area contributed by atoms with E-state index in [9.17, 15) is 10.2 Å². The van der Waals surface area contributed by atoms with E-state index in [0.29, 0.717) is 24.6 Å². The molecular weight excluding hydrogens is 709 g/mol. The second kappa shape index (κ2) is 17.2. The molecule has 0 radical (unpaired) electrons. The average molecular weight is 763 g/mol. The van der Waals surface area contributed by atoms with E-state index >= 15 is 0 Å². The van der Waals surface area contributed by atoms with Crippen LogP contribution >= 0.6 is 0 Å². The Morgan fingerprint density at radius 3 is 1.58 bits per heavy atom. The Morgan fingerprint density at radius 1 is 0.526 bits per heavy atom. The van der Waals surface area contributed by atoms with Gasteiger partial charge in [-0.1, -0.05) is 72.8 Å². The van der Waals surface area contributed by atoms with Gasteiger partial charge in [0.05, 0.1) is 17.5 Å². The normalized spacial score (nSPS) is 22.2. The topological polar surface area (TPSA) is 105 Å². The molecule has 4 fully saturated rings. The van der Waals surface area contributed by atoms with E-state index < -0.39 is 0 Å². The fourth-order valence-electron chi connectivity index (χ4n) is 9.28. The van der Waals surface area contributed by atoms with Crippen molar-refractivity contribution in [2.24, 2.45) is 5.92 Å². The zero-order valence-corrected chi connectivity index (χ0v) is 32.8. The summed E-state index contributed by atoms with van der Waals surface area (Å²) < 4.78 is 0. The summed E-state index contributed by atoms with van der Waals surface area (Å²) in [6.07, 6.45) is 10.1. The Labute approximate surface area is 335 Å². The van der Waals surface area contributed by atoms with E-state index in [1.807, 2.05) is 24.5 Å². The number of hydrogen-bond acceptors (Lipinski definition) is 10. The number of likely N-dealkylation sites (tertiary alicyclic amines) is 2. The predicted octanol–water partition coefficient (Wildman–Crippen LogP) is 6.91. The number of piperidine rings is 2. The molecular formula is C47H54N8O2. The van der Waals surface area contributed by atoms with Crippen molar-refractivity contribution < 1.29 is 10.2 Å². The smallest absolute Gasteiger partial charge is 0.225 e. The minimum atomic E-state index is -0.171. The van der Waals surface area contributed by atoms with Gasteiger partial charge in [-0.2, -0.15) is 0 Å². The Hall–Kier alpha value is -5.00. The number of aliphatic hydroxyl groups excluding tert-OH is 2. The highest BCUT2D eigenvalue weighted by atomic mass is 16.3. The lowest BCUT2D eigenvalue weighted by atomic mass is 9.96. The van der Waals surface area contributed by atoms with Gasteiger partial charge >= 0.3 is 0 Å². The SMILES string of the molecule is OC1CCCN([C@H]2CCN(c3nccc(-c4ccc5ccccc5c4)n3)C2)C1.OCC1CCN([C@H]2CCN(c3nccc(-c4ccc5ccccc5c4)n3)C2)CC1. The van der Waals surface area contributed by atoms with Crippen LogP contribution in [0.15, 0.2) is 109 Å². The maximum atomic E-state index is 9.98. The number of anilines is 2. The molecule has 0 amide bonds. The molecule has 4 saturated heterocycles. The summed E-state index contributed by atoms with van der Waals surface area (Å²) in [7, 11) is 0. The average Bonchev–Trinajstić information content (AvgIpc) is 3.99. The van der Waals surface area contributed by atoms with Gasteiger partial charge in [0.25, 0.3) is 0 Å². The minimum absolute atomic E-state index is 0.171. The molecule has 0 saturated carbocycles. The monoisotopic (exact) mass is 762 g/mol. The number of fused-ring (bicyclic) bond motifs is 2. The third-order valence-corrected chi connectivity index (χ3v) is 12.6. The van der Waals surface area contributed by atoms with E-state index in [1.165, 1.54) is 21.5 Å². The van der Waals surface area contributed by atoms with Crippen molar-refractivity contribution in [2.45, 2.75) is 56.7 Å². The second-order valence-electron chi connectivity index (χ2n) is 16.3. The number of benzene rings is 4. The molecule has 10 nitrogen and oxygen atoms in total. The van der Waals surface area contributed by atoms with Gasteiger partial charge in [0.2, 0.25) is 11.9 Å². The quantitative estimate of drug-likeness (QED) is 0.178. The molecule has 10 rings (SSSR count). The summed E-state index contributed by atoms with van der Waals surface area (Å²) >= 11 is 0. The summed E-state index contributed by atoms with van der Waals surface area (Å²) in [5, 5.41) is 24.3. The van der Waals surface area contributed by atoms with Crippen LogP contribution in [-0.4, -0.2) is 117 Å². The van der Waals surface area contributed by atoms with Crippen LogP contribution in [0.5, 0.6) is 0 Å². The van der Waals surface area contributed by atoms with Crippen molar-refractivity contribution in [1.82, 2.24) is 29.7 Å². The largest absolute Gasteiger partial charge is 0.396 e. The molecule has 2 aromatic heterocycles. The van der Waals surface area contributed by atoms with E-state index in [-0.39, 0.29) is 6.10 Å². The van der Waals surface area contributed by atoms with Gasteiger partial charge < -0.3 is 20.0 Å². The molecule has 4 aliphatic heterocycles. The molecule has 6 aromatic rings. The summed E-state index contributed by atoms with van der Waals surface area (Å²) in [5.41, 5.74) is 4.20. The summed E-state index contributed by atoms with van der Waals surface area (Å²) in [5.74, 6) is 2.14. The first-order valence-electron chi connectivity index (χ1n) is 21.0. The third kappa shape index (κ3) is 8.65. The lowest BCUT2D eigenvalue weighted by Crippen LogP contribution is -2.45. The Balaban J connectivity index is 0.000000148. The van der Waals surface area contributed by atoms with Crippen molar-refractivity contribution in [3.63, 3.8) is 0 Å². The third-order valence-electron chi connectivity index (χ3n) is 12.6. The molecule has 0 spiro atoms. The molecule has 294 valence electrons. The summed E-state index contributed by atoms with van der Waals surface area (Å²) in [4.78, 5) is 28.6. The molecule has 4 aliphatic rings. The first-order chi connectivity index (χ1) is 28.1. The highest BCUT2D eigenvalue weighted by Crippen LogP contribution is 2.29. The van der Waals surface area contributed by atoms with Crippen LogP contribution in [0.1, 0.15) is 38.5 Å². The van der Waals surface area contributed by atoms with Gasteiger partial charge in [0, 0.05) is 74.9 Å². The van der Waals surface area contributed by atoms with Crippen LogP contribution in [0.2, 0.25) is 0 Å². The Morgan fingerprint density at radius 2 is 1.05 bits per heavy atom. The first kappa shape index (κ1) is 37.6. The molecule has 10 heteroatoms. The fraction of sp³-hybridized carbons (Fsp3) is 0.404. The van der Waals surface area contributed by atoms with Crippen molar-refractivity contribution in [1.29, 1.82) is 0 Å². The number of aliphatic hydroxyl groups is 2. The standard InChI is InChI=1S/C24H28N4O.C23H26N4O/c29-17-18-8-12-27(13-9-18)22-10-14-28(16-22)24-25-11-7-23(26-24)21-6-5-19-3-1-2-4-20(19)15-21;28-21-6-3-12-26(16-21)20-10-13-27(15-20)23-24-11-9-22(25-23)19-8-7-17-4-1-2-5-18(17)14-19/h1-7,11,15,18,22,29H,8-10,12-14,16-17H2;1-2,4-5,7-9,11,14,20-21,28H,3,6,10,12-13,15-16H2/t22-;20-,21?/m00/s1. The van der Waals surface area contributed by atoms with Gasteiger partial charge in [-0.25, -0.2) is 19.9 Å². The van der Waals surface area contributed by atoms with Crippen molar-refractivity contribution >= 4 is 33.4 Å². The van der Waals surface area contributed by atoms with Crippen LogP contribution < -0.4 is 9.80 Å². The second-order valence-corrected chi connectivity index (χ2v) is 16.3. The van der Waals surface area contributed by atoms with Gasteiger partial charge in [0.15, 0.2) is 0 Å². The summed E-state index contributed by atoms with van der Waals surface area (Å²) in [6, 6.07) is 34.9. The lowest BCUT2D eigenvalue weighted by Gasteiger charge is -2.35. The van der Waals surface area contributed by atoms with E-state index in [2.05, 4.69) is 114 Å². The van der Waals surface area contributed by atoms with Crippen LogP contribution in [0, 0.1) is 5.92 Å². The number of rotatable bonds is 7. The number of aromatic nitrogens is 4. The van der Waals surface area contributed by atoms with Crippen molar-refractivity contribution in [3.8, 4) is 22.5 Å². The fourth-order valence-corrected chi connectivity index (χ4v) is 9.28. The van der Waals surface area contributed by atoms with Crippen molar-refractivity contribution in [2.75, 3.05) is 68.8 Å². The molecule has 1 unspecified atom stereocenters. The molecule has 0 bridgehead atoms. The molecule has 2 N–H and O–H groups in total. The van der Waals surface area contributed by atoms with Crippen molar-refractivity contribution in [3.05, 3.63) is 109 Å². The molecule has 3 atom stereocenters. The van der Waals surface area contributed by atoms with Gasteiger partial charge in [0.1, 0.15) is 0 Å². The first-order valence-corrected chi connectivity index (χ1v) is 21.0. The van der Waals surface area contributed by atoms with E-state index in [1.54, 1.807) is 0 Å². The molecule has 6 heterocycles. The highest BCUT2D eigenvalue weighted by molar-refractivity contribution is 5.87. The number of nitrogens with zero attached hydrogens (tertiary/aromatic N) is 8. The number of β-amino-alcohol motifs (C(OH)–C–C–N with tert-alkyl or cyclic N) is 1. The minimum Gasteiger partial charge on any atom is -0.396 e.